The van der Waals surface area contributed by atoms with Crippen LogP contribution in [-0.2, 0) is 4.79 Å². The molecule has 142 valence electrons. The van der Waals surface area contributed by atoms with Gasteiger partial charge in [-0.2, -0.15) is 23.3 Å². The van der Waals surface area contributed by atoms with Gasteiger partial charge in [-0.05, 0) is 25.5 Å². The molecular weight excluding hydrogens is 383 g/mol. The lowest BCUT2D eigenvalue weighted by molar-refractivity contribution is -0.174. The average molecular weight is 397 g/mol. The highest BCUT2D eigenvalue weighted by atomic mass is 32.2. The van der Waals surface area contributed by atoms with Gasteiger partial charge in [-0.15, -0.1) is 0 Å². The molecular formula is C16H14F3N5O2S. The van der Waals surface area contributed by atoms with Crippen LogP contribution in [0.1, 0.15) is 19.4 Å². The molecule has 0 N–H and O–H groups in total. The van der Waals surface area contributed by atoms with Crippen LogP contribution in [0.3, 0.4) is 0 Å². The highest BCUT2D eigenvalue weighted by Crippen LogP contribution is 2.40. The van der Waals surface area contributed by atoms with Crippen molar-refractivity contribution in [2.75, 3.05) is 10.7 Å². The standard InChI is InChI=1S/C16H14F3N5O2S/c1-9-6-12(16(17,18)19)24-14(20-8-21-24)23(9)13(25)7-27-15-22-10-4-2-3-5-11(10)26-15/h2-5,8-9,12H,6-7H2,1H3/t9-,12+/m0/s1. The Morgan fingerprint density at radius 3 is 2.89 bits per heavy atom. The summed E-state index contributed by atoms with van der Waals surface area (Å²) in [6.45, 7) is 1.57. The zero-order chi connectivity index (χ0) is 19.2. The maximum absolute atomic E-state index is 13.3. The van der Waals surface area contributed by atoms with Crippen molar-refractivity contribution in [3.63, 3.8) is 0 Å². The van der Waals surface area contributed by atoms with Crippen LogP contribution < -0.4 is 4.90 Å². The minimum Gasteiger partial charge on any atom is -0.431 e. The molecule has 0 bridgehead atoms. The molecule has 4 rings (SSSR count). The second-order valence-corrected chi connectivity index (χ2v) is 7.07. The van der Waals surface area contributed by atoms with Crippen LogP contribution in [0.2, 0.25) is 0 Å². The number of aromatic nitrogens is 4. The van der Waals surface area contributed by atoms with E-state index in [1.807, 2.05) is 12.1 Å². The van der Waals surface area contributed by atoms with Gasteiger partial charge in [0.25, 0.3) is 5.22 Å². The smallest absolute Gasteiger partial charge is 0.411 e. The summed E-state index contributed by atoms with van der Waals surface area (Å²) in [5, 5.41) is 4.00. The number of halogens is 3. The molecule has 0 fully saturated rings. The number of hydrogen-bond donors (Lipinski definition) is 0. The van der Waals surface area contributed by atoms with Gasteiger partial charge in [0.2, 0.25) is 11.9 Å². The quantitative estimate of drug-likeness (QED) is 0.630. The third-order valence-electron chi connectivity index (χ3n) is 4.31. The Bertz CT molecular complexity index is 953. The van der Waals surface area contributed by atoms with E-state index >= 15 is 0 Å². The van der Waals surface area contributed by atoms with Gasteiger partial charge in [-0.25, -0.2) is 9.67 Å². The number of carbonyl (C=O) groups is 1. The lowest BCUT2D eigenvalue weighted by atomic mass is 10.0. The number of para-hydroxylation sites is 2. The van der Waals surface area contributed by atoms with Crippen molar-refractivity contribution in [1.82, 2.24) is 19.7 Å². The summed E-state index contributed by atoms with van der Waals surface area (Å²) in [4.78, 5) is 22.1. The van der Waals surface area contributed by atoms with Crippen molar-refractivity contribution >= 4 is 34.7 Å². The maximum Gasteiger partial charge on any atom is 0.411 e. The lowest BCUT2D eigenvalue weighted by Gasteiger charge is -2.37. The third-order valence-corrected chi connectivity index (χ3v) is 5.12. The molecule has 0 spiro atoms. The molecule has 2 aromatic heterocycles. The van der Waals surface area contributed by atoms with Gasteiger partial charge >= 0.3 is 6.18 Å². The van der Waals surface area contributed by atoms with Crippen molar-refractivity contribution in [3.8, 4) is 0 Å². The molecule has 3 aromatic rings. The summed E-state index contributed by atoms with van der Waals surface area (Å²) in [5.74, 6) is -0.523. The Morgan fingerprint density at radius 2 is 2.15 bits per heavy atom. The van der Waals surface area contributed by atoms with Crippen LogP contribution in [-0.4, -0.2) is 43.6 Å². The zero-order valence-corrected chi connectivity index (χ0v) is 14.9. The largest absolute Gasteiger partial charge is 0.431 e. The number of thioether (sulfide) groups is 1. The molecule has 1 aliphatic heterocycles. The van der Waals surface area contributed by atoms with Crippen LogP contribution in [0, 0.1) is 0 Å². The lowest BCUT2D eigenvalue weighted by Crippen LogP contribution is -2.49. The number of hydrogen-bond acceptors (Lipinski definition) is 6. The first kappa shape index (κ1) is 17.8. The third kappa shape index (κ3) is 3.27. The minimum atomic E-state index is -4.46. The Morgan fingerprint density at radius 1 is 1.37 bits per heavy atom. The average Bonchev–Trinajstić information content (AvgIpc) is 3.24. The molecule has 0 saturated carbocycles. The van der Waals surface area contributed by atoms with E-state index in [1.165, 1.54) is 4.90 Å². The molecule has 1 amide bonds. The fraction of sp³-hybridized carbons (Fsp3) is 0.375. The van der Waals surface area contributed by atoms with E-state index in [1.54, 1.807) is 19.1 Å². The first-order chi connectivity index (χ1) is 12.8. The van der Waals surface area contributed by atoms with E-state index in [0.717, 1.165) is 22.8 Å². The molecule has 0 unspecified atom stereocenters. The fourth-order valence-electron chi connectivity index (χ4n) is 3.10. The summed E-state index contributed by atoms with van der Waals surface area (Å²) in [7, 11) is 0. The predicted octanol–water partition coefficient (Wildman–Crippen LogP) is 3.44. The van der Waals surface area contributed by atoms with Crippen molar-refractivity contribution < 1.29 is 22.4 Å². The number of nitrogens with zero attached hydrogens (tertiary/aromatic N) is 5. The molecule has 3 heterocycles. The molecule has 7 nitrogen and oxygen atoms in total. The van der Waals surface area contributed by atoms with Crippen molar-refractivity contribution in [3.05, 3.63) is 30.6 Å². The molecule has 2 atom stereocenters. The Labute approximate surface area is 155 Å². The molecule has 1 aliphatic rings. The van der Waals surface area contributed by atoms with Gasteiger partial charge in [-0.3, -0.25) is 9.69 Å². The summed E-state index contributed by atoms with van der Waals surface area (Å²) in [5.41, 5.74) is 1.28. The summed E-state index contributed by atoms with van der Waals surface area (Å²) in [6.07, 6.45) is -3.71. The van der Waals surface area contributed by atoms with Gasteiger partial charge in [-0.1, -0.05) is 23.9 Å². The topological polar surface area (TPSA) is 77.1 Å². The normalized spacial score (nSPS) is 20.1. The SMILES string of the molecule is C[C@H]1C[C@H](C(F)(F)F)n2ncnc2N1C(=O)CSc1nc2ccccc2o1. The molecule has 11 heteroatoms. The summed E-state index contributed by atoms with van der Waals surface area (Å²) in [6, 6.07) is 4.73. The first-order valence-corrected chi connectivity index (χ1v) is 9.10. The highest BCUT2D eigenvalue weighted by Gasteiger charge is 2.48. The van der Waals surface area contributed by atoms with Crippen molar-refractivity contribution in [2.45, 2.75) is 36.8 Å². The number of rotatable bonds is 3. The maximum atomic E-state index is 13.3. The number of benzene rings is 1. The van der Waals surface area contributed by atoms with Gasteiger partial charge in [0.05, 0.1) is 5.75 Å². The molecule has 0 saturated heterocycles. The van der Waals surface area contributed by atoms with Crippen LogP contribution in [0.5, 0.6) is 0 Å². The first-order valence-electron chi connectivity index (χ1n) is 8.11. The van der Waals surface area contributed by atoms with Gasteiger partial charge in [0.1, 0.15) is 11.8 Å². The van der Waals surface area contributed by atoms with Gasteiger partial charge in [0, 0.05) is 6.04 Å². The Kier molecular flexibility index (Phi) is 4.33. The predicted molar refractivity (Wildman–Crippen MR) is 91.4 cm³/mol. The number of anilines is 1. The van der Waals surface area contributed by atoms with E-state index < -0.39 is 18.3 Å². The van der Waals surface area contributed by atoms with Crippen LogP contribution in [0.15, 0.2) is 40.2 Å². The fourth-order valence-corrected chi connectivity index (χ4v) is 3.79. The van der Waals surface area contributed by atoms with Gasteiger partial charge in [0.15, 0.2) is 11.6 Å². The van der Waals surface area contributed by atoms with E-state index in [9.17, 15) is 18.0 Å². The summed E-state index contributed by atoms with van der Waals surface area (Å²) < 4.78 is 46.1. The number of alkyl halides is 3. The van der Waals surface area contributed by atoms with Crippen molar-refractivity contribution in [2.24, 2.45) is 0 Å². The second-order valence-electron chi connectivity index (χ2n) is 6.15. The molecule has 0 aliphatic carbocycles. The van der Waals surface area contributed by atoms with E-state index in [4.69, 9.17) is 4.42 Å². The molecule has 0 radical (unpaired) electrons. The Hall–Kier alpha value is -2.56. The minimum absolute atomic E-state index is 0.0410. The van der Waals surface area contributed by atoms with Crippen LogP contribution in [0.4, 0.5) is 19.1 Å². The number of carbonyl (C=O) groups excluding carboxylic acids is 1. The summed E-state index contributed by atoms with van der Waals surface area (Å²) >= 11 is 1.08. The van der Waals surface area contributed by atoms with Crippen molar-refractivity contribution in [1.29, 1.82) is 0 Å². The second kappa shape index (κ2) is 6.55. The highest BCUT2D eigenvalue weighted by molar-refractivity contribution is 7.99. The van der Waals surface area contributed by atoms with Crippen LogP contribution in [0.25, 0.3) is 11.1 Å². The van der Waals surface area contributed by atoms with E-state index in [0.29, 0.717) is 16.3 Å². The molecule has 27 heavy (non-hydrogen) atoms. The number of oxazole rings is 1. The van der Waals surface area contributed by atoms with Gasteiger partial charge < -0.3 is 4.42 Å². The Balaban J connectivity index is 1.53. The van der Waals surface area contributed by atoms with E-state index in [2.05, 4.69) is 15.1 Å². The zero-order valence-electron chi connectivity index (χ0n) is 14.1. The molecule has 1 aromatic carbocycles. The van der Waals surface area contributed by atoms with Crippen LogP contribution >= 0.6 is 11.8 Å². The van der Waals surface area contributed by atoms with E-state index in [-0.39, 0.29) is 24.0 Å². The number of fused-ring (bicyclic) bond motifs is 2. The number of amides is 1. The monoisotopic (exact) mass is 397 g/mol.